The smallest absolute Gasteiger partial charge is 0.351 e. The molecule has 1 N–H and O–H groups in total. The molecule has 0 atom stereocenters. The molecule has 2 aromatic carbocycles. The van der Waals surface area contributed by atoms with Crippen LogP contribution in [0.15, 0.2) is 57.7 Å². The summed E-state index contributed by atoms with van der Waals surface area (Å²) in [5, 5.41) is 4.61. The molecule has 4 aromatic rings. The molecule has 0 spiro atoms. The van der Waals surface area contributed by atoms with Crippen molar-refractivity contribution < 1.29 is 23.1 Å². The van der Waals surface area contributed by atoms with Gasteiger partial charge in [-0.1, -0.05) is 12.1 Å². The predicted octanol–water partition coefficient (Wildman–Crippen LogP) is 4.19. The largest absolute Gasteiger partial charge is 0.465 e. The molecule has 0 aliphatic carbocycles. The maximum Gasteiger partial charge on any atom is 0.351 e. The second-order valence-corrected chi connectivity index (χ2v) is 7.02. The van der Waals surface area contributed by atoms with Gasteiger partial charge in [0.15, 0.2) is 5.58 Å². The maximum atomic E-state index is 13.3. The molecule has 2 heterocycles. The van der Waals surface area contributed by atoms with Gasteiger partial charge < -0.3 is 14.5 Å². The molecular formula is C20H12FNO5S. The number of methoxy groups -OCH3 is 1. The minimum Gasteiger partial charge on any atom is -0.465 e. The van der Waals surface area contributed by atoms with Crippen LogP contribution in [0.2, 0.25) is 0 Å². The van der Waals surface area contributed by atoms with Crippen LogP contribution in [0.4, 0.5) is 9.39 Å². The van der Waals surface area contributed by atoms with Crippen molar-refractivity contribution in [3.05, 3.63) is 75.9 Å². The summed E-state index contributed by atoms with van der Waals surface area (Å²) in [6, 6.07) is 12.1. The fourth-order valence-corrected chi connectivity index (χ4v) is 3.69. The highest BCUT2D eigenvalue weighted by molar-refractivity contribution is 7.22. The van der Waals surface area contributed by atoms with Gasteiger partial charge in [0.05, 0.1) is 16.8 Å². The highest BCUT2D eigenvalue weighted by Crippen LogP contribution is 2.30. The van der Waals surface area contributed by atoms with E-state index in [-0.39, 0.29) is 22.9 Å². The highest BCUT2D eigenvalue weighted by Gasteiger charge is 2.17. The second kappa shape index (κ2) is 6.90. The Labute approximate surface area is 161 Å². The first-order valence-electron chi connectivity index (χ1n) is 8.11. The molecule has 0 fully saturated rings. The first-order chi connectivity index (χ1) is 13.4. The molecule has 6 nitrogen and oxygen atoms in total. The Kier molecular flexibility index (Phi) is 4.40. The molecule has 8 heteroatoms. The van der Waals surface area contributed by atoms with Crippen LogP contribution < -0.4 is 10.9 Å². The Bertz CT molecular complexity index is 1310. The van der Waals surface area contributed by atoms with Gasteiger partial charge in [-0.2, -0.15) is 0 Å². The summed E-state index contributed by atoms with van der Waals surface area (Å²) < 4.78 is 23.5. The van der Waals surface area contributed by atoms with E-state index in [0.717, 1.165) is 16.7 Å². The summed E-state index contributed by atoms with van der Waals surface area (Å²) in [4.78, 5) is 36.0. The van der Waals surface area contributed by atoms with E-state index in [0.29, 0.717) is 20.7 Å². The van der Waals surface area contributed by atoms with Crippen LogP contribution >= 0.6 is 11.3 Å². The number of amides is 1. The lowest BCUT2D eigenvalue weighted by atomic mass is 10.1. The van der Waals surface area contributed by atoms with Crippen molar-refractivity contribution in [3.8, 4) is 0 Å². The average molecular weight is 397 g/mol. The number of esters is 1. The molecule has 0 aliphatic rings. The molecule has 1 amide bonds. The van der Waals surface area contributed by atoms with Gasteiger partial charge in [-0.05, 0) is 41.1 Å². The SMILES string of the molecule is COC(=O)c1cc2sc(NC(=O)c3ccc4cc(F)ccc4c3)cc2oc1=O. The minimum absolute atomic E-state index is 0.212. The van der Waals surface area contributed by atoms with Crippen LogP contribution in [0.3, 0.4) is 0 Å². The molecule has 28 heavy (non-hydrogen) atoms. The standard InChI is InChI=1S/C20H12FNO5S/c1-26-19(24)14-8-16-15(27-20(14)25)9-17(28-16)22-18(23)12-3-2-11-7-13(21)5-4-10(11)6-12/h2-9H,1H3,(H,22,23). The van der Waals surface area contributed by atoms with Crippen LogP contribution in [0.1, 0.15) is 20.7 Å². The third-order valence-corrected chi connectivity index (χ3v) is 5.11. The van der Waals surface area contributed by atoms with Gasteiger partial charge in [0.2, 0.25) is 0 Å². The van der Waals surface area contributed by atoms with E-state index < -0.39 is 11.6 Å². The summed E-state index contributed by atoms with van der Waals surface area (Å²) in [7, 11) is 1.17. The lowest BCUT2D eigenvalue weighted by Crippen LogP contribution is -2.14. The lowest BCUT2D eigenvalue weighted by Gasteiger charge is -2.04. The normalized spacial score (nSPS) is 10.9. The van der Waals surface area contributed by atoms with Crippen LogP contribution in [0.25, 0.3) is 21.1 Å². The van der Waals surface area contributed by atoms with Crippen molar-refractivity contribution in [2.45, 2.75) is 0 Å². The van der Waals surface area contributed by atoms with Gasteiger partial charge in [0.25, 0.3) is 5.91 Å². The van der Waals surface area contributed by atoms with Crippen molar-refractivity contribution in [1.82, 2.24) is 0 Å². The summed E-state index contributed by atoms with van der Waals surface area (Å²) in [5.41, 5.74) is -0.367. The molecule has 0 bridgehead atoms. The Balaban J connectivity index is 1.64. The van der Waals surface area contributed by atoms with Gasteiger partial charge >= 0.3 is 11.6 Å². The fraction of sp³-hybridized carbons (Fsp3) is 0.0500. The lowest BCUT2D eigenvalue weighted by molar-refractivity contribution is 0.0596. The summed E-state index contributed by atoms with van der Waals surface area (Å²) in [6.07, 6.45) is 0. The molecule has 0 saturated heterocycles. The van der Waals surface area contributed by atoms with Crippen LogP contribution in [0, 0.1) is 5.82 Å². The number of rotatable bonds is 3. The first kappa shape index (κ1) is 17.9. The number of ether oxygens (including phenoxy) is 1. The number of hydrogen-bond donors (Lipinski definition) is 1. The van der Waals surface area contributed by atoms with E-state index in [1.165, 1.54) is 31.4 Å². The molecule has 2 aromatic heterocycles. The van der Waals surface area contributed by atoms with E-state index in [9.17, 15) is 18.8 Å². The number of benzene rings is 2. The number of fused-ring (bicyclic) bond motifs is 2. The van der Waals surface area contributed by atoms with Gasteiger partial charge in [0, 0.05) is 11.6 Å². The van der Waals surface area contributed by atoms with Crippen LogP contribution in [-0.4, -0.2) is 19.0 Å². The summed E-state index contributed by atoms with van der Waals surface area (Å²) in [6.45, 7) is 0. The van der Waals surface area contributed by atoms with Crippen molar-refractivity contribution in [1.29, 1.82) is 0 Å². The van der Waals surface area contributed by atoms with E-state index in [2.05, 4.69) is 10.1 Å². The van der Waals surface area contributed by atoms with Gasteiger partial charge in [0.1, 0.15) is 11.4 Å². The average Bonchev–Trinajstić information content (AvgIpc) is 3.07. The monoisotopic (exact) mass is 397 g/mol. The summed E-state index contributed by atoms with van der Waals surface area (Å²) in [5.74, 6) is -1.50. The number of thiophene rings is 1. The van der Waals surface area contributed by atoms with Gasteiger partial charge in [-0.25, -0.2) is 14.0 Å². The highest BCUT2D eigenvalue weighted by atomic mass is 32.1. The Morgan fingerprint density at radius 2 is 1.82 bits per heavy atom. The number of hydrogen-bond acceptors (Lipinski definition) is 6. The van der Waals surface area contributed by atoms with Crippen LogP contribution in [-0.2, 0) is 4.74 Å². The third kappa shape index (κ3) is 3.25. The van der Waals surface area contributed by atoms with E-state index in [1.807, 2.05) is 0 Å². The zero-order valence-corrected chi connectivity index (χ0v) is 15.3. The quantitative estimate of drug-likeness (QED) is 0.524. The van der Waals surface area contributed by atoms with Gasteiger partial charge in [-0.15, -0.1) is 11.3 Å². The maximum absolute atomic E-state index is 13.3. The predicted molar refractivity (Wildman–Crippen MR) is 104 cm³/mol. The van der Waals surface area contributed by atoms with Crippen molar-refractivity contribution >= 4 is 49.3 Å². The summed E-state index contributed by atoms with van der Waals surface area (Å²) >= 11 is 1.15. The molecule has 0 saturated carbocycles. The van der Waals surface area contributed by atoms with Crippen molar-refractivity contribution in [2.24, 2.45) is 0 Å². The molecular weight excluding hydrogens is 385 g/mol. The number of anilines is 1. The van der Waals surface area contributed by atoms with Crippen LogP contribution in [0.5, 0.6) is 0 Å². The molecule has 4 rings (SSSR count). The molecule has 0 radical (unpaired) electrons. The van der Waals surface area contributed by atoms with Crippen molar-refractivity contribution in [2.75, 3.05) is 12.4 Å². The zero-order chi connectivity index (χ0) is 19.8. The minimum atomic E-state index is -0.809. The number of halogens is 1. The second-order valence-electron chi connectivity index (χ2n) is 5.94. The topological polar surface area (TPSA) is 85.6 Å². The number of nitrogens with one attached hydrogen (secondary N) is 1. The third-order valence-electron chi connectivity index (χ3n) is 4.13. The Morgan fingerprint density at radius 3 is 2.61 bits per heavy atom. The van der Waals surface area contributed by atoms with E-state index in [4.69, 9.17) is 4.42 Å². The van der Waals surface area contributed by atoms with E-state index >= 15 is 0 Å². The zero-order valence-electron chi connectivity index (χ0n) is 14.4. The Hall–Kier alpha value is -3.52. The fourth-order valence-electron chi connectivity index (χ4n) is 2.77. The molecule has 0 unspecified atom stereocenters. The Morgan fingerprint density at radius 1 is 1.07 bits per heavy atom. The van der Waals surface area contributed by atoms with Crippen molar-refractivity contribution in [3.63, 3.8) is 0 Å². The molecule has 140 valence electrons. The molecule has 0 aliphatic heterocycles. The van der Waals surface area contributed by atoms with Gasteiger partial charge in [-0.3, -0.25) is 4.79 Å². The number of carbonyl (C=O) groups is 2. The number of carbonyl (C=O) groups excluding carboxylic acids is 2. The first-order valence-corrected chi connectivity index (χ1v) is 8.93. The van der Waals surface area contributed by atoms with E-state index in [1.54, 1.807) is 24.3 Å².